The average molecular weight is 257 g/mol. The SMILES string of the molecule is O=C(/C=C\Nc1ccccc1O)c1ccc(F)cc1. The summed E-state index contributed by atoms with van der Waals surface area (Å²) in [7, 11) is 0. The molecule has 2 N–H and O–H groups in total. The second-order valence-corrected chi connectivity index (χ2v) is 3.87. The maximum absolute atomic E-state index is 12.7. The number of anilines is 1. The summed E-state index contributed by atoms with van der Waals surface area (Å²) in [5, 5.41) is 12.3. The van der Waals surface area contributed by atoms with Gasteiger partial charge in [-0.1, -0.05) is 12.1 Å². The summed E-state index contributed by atoms with van der Waals surface area (Å²) in [6, 6.07) is 12.0. The number of phenolic OH excluding ortho intramolecular Hbond substituents is 1. The number of para-hydroxylation sites is 2. The van der Waals surface area contributed by atoms with E-state index < -0.39 is 0 Å². The quantitative estimate of drug-likeness (QED) is 0.501. The lowest BCUT2D eigenvalue weighted by molar-refractivity contribution is 0.104. The summed E-state index contributed by atoms with van der Waals surface area (Å²) >= 11 is 0. The standard InChI is InChI=1S/C15H12FNO2/c16-12-7-5-11(6-8-12)14(18)9-10-17-13-3-1-2-4-15(13)19/h1-10,17,19H/b10-9-. The van der Waals surface area contributed by atoms with Crippen LogP contribution < -0.4 is 5.32 Å². The Hall–Kier alpha value is -2.62. The summed E-state index contributed by atoms with van der Waals surface area (Å²) in [5.74, 6) is -0.530. The van der Waals surface area contributed by atoms with Crippen LogP contribution in [0.2, 0.25) is 0 Å². The molecular formula is C15H12FNO2. The molecule has 96 valence electrons. The molecule has 0 fully saturated rings. The van der Waals surface area contributed by atoms with Crippen LogP contribution in [0.15, 0.2) is 60.8 Å². The first kappa shape index (κ1) is 12.8. The smallest absolute Gasteiger partial charge is 0.187 e. The third-order valence-electron chi connectivity index (χ3n) is 2.51. The van der Waals surface area contributed by atoms with E-state index in [-0.39, 0.29) is 17.3 Å². The fourth-order valence-corrected chi connectivity index (χ4v) is 1.51. The third-order valence-corrected chi connectivity index (χ3v) is 2.51. The van der Waals surface area contributed by atoms with Crippen LogP contribution in [-0.2, 0) is 0 Å². The van der Waals surface area contributed by atoms with E-state index in [0.29, 0.717) is 11.3 Å². The van der Waals surface area contributed by atoms with E-state index in [1.54, 1.807) is 18.2 Å². The number of phenols is 1. The first-order chi connectivity index (χ1) is 9.16. The molecule has 0 saturated carbocycles. The Morgan fingerprint density at radius 3 is 2.47 bits per heavy atom. The van der Waals surface area contributed by atoms with Crippen molar-refractivity contribution < 1.29 is 14.3 Å². The van der Waals surface area contributed by atoms with Crippen molar-refractivity contribution in [3.8, 4) is 5.75 Å². The van der Waals surface area contributed by atoms with Crippen LogP contribution in [-0.4, -0.2) is 10.9 Å². The fourth-order valence-electron chi connectivity index (χ4n) is 1.51. The monoisotopic (exact) mass is 257 g/mol. The largest absolute Gasteiger partial charge is 0.506 e. The number of hydrogen-bond acceptors (Lipinski definition) is 3. The van der Waals surface area contributed by atoms with Crippen LogP contribution in [0.1, 0.15) is 10.4 Å². The van der Waals surface area contributed by atoms with Crippen molar-refractivity contribution in [3.63, 3.8) is 0 Å². The van der Waals surface area contributed by atoms with Gasteiger partial charge in [-0.3, -0.25) is 4.79 Å². The molecule has 2 aromatic rings. The summed E-state index contributed by atoms with van der Waals surface area (Å²) in [6.45, 7) is 0. The van der Waals surface area contributed by atoms with Crippen LogP contribution in [0, 0.1) is 5.82 Å². The molecule has 0 aliphatic heterocycles. The number of aromatic hydroxyl groups is 1. The molecular weight excluding hydrogens is 245 g/mol. The molecule has 0 radical (unpaired) electrons. The molecule has 0 amide bonds. The van der Waals surface area contributed by atoms with Crippen molar-refractivity contribution in [1.29, 1.82) is 0 Å². The van der Waals surface area contributed by atoms with Crippen molar-refractivity contribution in [2.24, 2.45) is 0 Å². The number of hydrogen-bond donors (Lipinski definition) is 2. The van der Waals surface area contributed by atoms with Gasteiger partial charge >= 0.3 is 0 Å². The molecule has 2 rings (SSSR count). The molecule has 3 nitrogen and oxygen atoms in total. The number of halogens is 1. The lowest BCUT2D eigenvalue weighted by Crippen LogP contribution is -1.96. The van der Waals surface area contributed by atoms with Crippen LogP contribution in [0.3, 0.4) is 0 Å². The Morgan fingerprint density at radius 2 is 1.79 bits per heavy atom. The van der Waals surface area contributed by atoms with E-state index in [1.807, 2.05) is 0 Å². The van der Waals surface area contributed by atoms with E-state index in [1.165, 1.54) is 42.6 Å². The van der Waals surface area contributed by atoms with Crippen LogP contribution in [0.25, 0.3) is 0 Å². The van der Waals surface area contributed by atoms with E-state index >= 15 is 0 Å². The molecule has 19 heavy (non-hydrogen) atoms. The van der Waals surface area contributed by atoms with Crippen molar-refractivity contribution >= 4 is 11.5 Å². The van der Waals surface area contributed by atoms with Gasteiger partial charge in [0.25, 0.3) is 0 Å². The number of carbonyl (C=O) groups is 1. The molecule has 0 spiro atoms. The maximum atomic E-state index is 12.7. The van der Waals surface area contributed by atoms with Gasteiger partial charge in [0.1, 0.15) is 11.6 Å². The van der Waals surface area contributed by atoms with Gasteiger partial charge in [0.05, 0.1) is 5.69 Å². The third kappa shape index (κ3) is 3.42. The van der Waals surface area contributed by atoms with E-state index in [0.717, 1.165) is 0 Å². The zero-order chi connectivity index (χ0) is 13.7. The van der Waals surface area contributed by atoms with Gasteiger partial charge in [-0.2, -0.15) is 0 Å². The highest BCUT2D eigenvalue weighted by Crippen LogP contribution is 2.21. The lowest BCUT2D eigenvalue weighted by Gasteiger charge is -2.02. The summed E-state index contributed by atoms with van der Waals surface area (Å²) in [4.78, 5) is 11.7. The number of benzene rings is 2. The Morgan fingerprint density at radius 1 is 1.11 bits per heavy atom. The van der Waals surface area contributed by atoms with E-state index in [4.69, 9.17) is 0 Å². The Balaban J connectivity index is 2.01. The molecule has 0 aliphatic carbocycles. The number of nitrogens with one attached hydrogen (secondary N) is 1. The van der Waals surface area contributed by atoms with Gasteiger partial charge in [0.15, 0.2) is 5.78 Å². The highest BCUT2D eigenvalue weighted by atomic mass is 19.1. The zero-order valence-corrected chi connectivity index (χ0v) is 10.0. The van der Waals surface area contributed by atoms with Crippen molar-refractivity contribution in [2.75, 3.05) is 5.32 Å². The second kappa shape index (κ2) is 5.82. The highest BCUT2D eigenvalue weighted by Gasteiger charge is 2.01. The number of carbonyl (C=O) groups excluding carboxylic acids is 1. The first-order valence-corrected chi connectivity index (χ1v) is 5.68. The van der Waals surface area contributed by atoms with Gasteiger partial charge in [-0.05, 0) is 36.4 Å². The Labute approximate surface area is 110 Å². The first-order valence-electron chi connectivity index (χ1n) is 5.68. The predicted octanol–water partition coefficient (Wildman–Crippen LogP) is 3.34. The number of ketones is 1. The second-order valence-electron chi connectivity index (χ2n) is 3.87. The van der Waals surface area contributed by atoms with Crippen molar-refractivity contribution in [3.05, 3.63) is 72.2 Å². The van der Waals surface area contributed by atoms with E-state index in [9.17, 15) is 14.3 Å². The molecule has 0 atom stereocenters. The van der Waals surface area contributed by atoms with Crippen molar-refractivity contribution in [2.45, 2.75) is 0 Å². The predicted molar refractivity (Wildman–Crippen MR) is 71.6 cm³/mol. The minimum Gasteiger partial charge on any atom is -0.506 e. The lowest BCUT2D eigenvalue weighted by atomic mass is 10.1. The van der Waals surface area contributed by atoms with Crippen LogP contribution in [0.4, 0.5) is 10.1 Å². The van der Waals surface area contributed by atoms with Gasteiger partial charge in [-0.25, -0.2) is 4.39 Å². The molecule has 2 aromatic carbocycles. The average Bonchev–Trinajstić information content (AvgIpc) is 2.41. The normalized spacial score (nSPS) is 10.6. The van der Waals surface area contributed by atoms with Gasteiger partial charge < -0.3 is 10.4 Å². The molecule has 4 heteroatoms. The molecule has 0 bridgehead atoms. The zero-order valence-electron chi connectivity index (χ0n) is 10.0. The number of allylic oxidation sites excluding steroid dienone is 1. The minimum absolute atomic E-state index is 0.0985. The van der Waals surface area contributed by atoms with Crippen LogP contribution in [0.5, 0.6) is 5.75 Å². The topological polar surface area (TPSA) is 49.3 Å². The summed E-state index contributed by atoms with van der Waals surface area (Å²) < 4.78 is 12.7. The fraction of sp³-hybridized carbons (Fsp3) is 0. The minimum atomic E-state index is -0.382. The summed E-state index contributed by atoms with van der Waals surface area (Å²) in [5.41, 5.74) is 0.905. The summed E-state index contributed by atoms with van der Waals surface area (Å²) in [6.07, 6.45) is 2.75. The number of rotatable bonds is 4. The van der Waals surface area contributed by atoms with E-state index in [2.05, 4.69) is 5.32 Å². The Bertz CT molecular complexity index is 606. The van der Waals surface area contributed by atoms with Gasteiger partial charge in [0, 0.05) is 17.8 Å². The van der Waals surface area contributed by atoms with Gasteiger partial charge in [0.2, 0.25) is 0 Å². The van der Waals surface area contributed by atoms with Gasteiger partial charge in [-0.15, -0.1) is 0 Å². The molecule has 0 unspecified atom stereocenters. The highest BCUT2D eigenvalue weighted by molar-refractivity contribution is 6.04. The van der Waals surface area contributed by atoms with Crippen LogP contribution >= 0.6 is 0 Å². The molecule has 0 heterocycles. The molecule has 0 aliphatic rings. The molecule has 0 aromatic heterocycles. The Kier molecular flexibility index (Phi) is 3.93. The van der Waals surface area contributed by atoms with Crippen molar-refractivity contribution in [1.82, 2.24) is 0 Å². The maximum Gasteiger partial charge on any atom is 0.187 e. The molecule has 0 saturated heterocycles.